The number of Topliss-reactive ketones (excluding diaryl/α,β-unsaturated/α-hetero) is 1. The third-order valence-corrected chi connectivity index (χ3v) is 6.18. The number of carbonyl (C=O) groups is 1. The summed E-state index contributed by atoms with van der Waals surface area (Å²) in [5.74, 6) is 1.67. The second-order valence-corrected chi connectivity index (χ2v) is 7.50. The highest BCUT2D eigenvalue weighted by Gasteiger charge is 2.24. The Hall–Kier alpha value is -0.760. The smallest absolute Gasteiger partial charge is 0.173 e. The first-order valence-corrected chi connectivity index (χ1v) is 9.13. The summed E-state index contributed by atoms with van der Waals surface area (Å²) in [6.07, 6.45) is 10.6. The standard InChI is InChI=1S/C18H24OS/c19-18(13-20-15-9-2-1-3-10-15)17-12-5-4-11-16(17)14-7-6-8-14/h4-5,11-12,14-15H,1-3,6-10,13H2. The van der Waals surface area contributed by atoms with Gasteiger partial charge < -0.3 is 0 Å². The second-order valence-electron chi connectivity index (χ2n) is 6.21. The van der Waals surface area contributed by atoms with Gasteiger partial charge in [0.15, 0.2) is 5.78 Å². The Labute approximate surface area is 126 Å². The predicted molar refractivity (Wildman–Crippen MR) is 86.7 cm³/mol. The van der Waals surface area contributed by atoms with Gasteiger partial charge in [-0.3, -0.25) is 4.79 Å². The highest BCUT2D eigenvalue weighted by atomic mass is 32.2. The zero-order valence-corrected chi connectivity index (χ0v) is 13.0. The van der Waals surface area contributed by atoms with Gasteiger partial charge in [-0.25, -0.2) is 0 Å². The van der Waals surface area contributed by atoms with Crippen LogP contribution in [0.3, 0.4) is 0 Å². The molecule has 108 valence electrons. The van der Waals surface area contributed by atoms with E-state index in [1.54, 1.807) is 0 Å². The molecule has 2 saturated carbocycles. The average Bonchev–Trinajstić information content (AvgIpc) is 2.45. The summed E-state index contributed by atoms with van der Waals surface area (Å²) in [6, 6.07) is 8.30. The van der Waals surface area contributed by atoms with Crippen LogP contribution in [-0.2, 0) is 0 Å². The van der Waals surface area contributed by atoms with Gasteiger partial charge in [-0.1, -0.05) is 49.9 Å². The maximum atomic E-state index is 12.5. The van der Waals surface area contributed by atoms with E-state index in [4.69, 9.17) is 0 Å². The minimum Gasteiger partial charge on any atom is -0.293 e. The summed E-state index contributed by atoms with van der Waals surface area (Å²) >= 11 is 1.90. The van der Waals surface area contributed by atoms with Gasteiger partial charge in [-0.2, -0.15) is 11.8 Å². The highest BCUT2D eigenvalue weighted by Crippen LogP contribution is 2.38. The summed E-state index contributed by atoms with van der Waals surface area (Å²) in [6.45, 7) is 0. The fourth-order valence-corrected chi connectivity index (χ4v) is 4.54. The third kappa shape index (κ3) is 3.28. The molecule has 0 spiro atoms. The first-order chi connectivity index (χ1) is 9.84. The van der Waals surface area contributed by atoms with E-state index in [1.807, 2.05) is 23.9 Å². The van der Waals surface area contributed by atoms with Crippen LogP contribution in [0.25, 0.3) is 0 Å². The van der Waals surface area contributed by atoms with Crippen LogP contribution in [0.1, 0.15) is 73.2 Å². The van der Waals surface area contributed by atoms with E-state index in [9.17, 15) is 4.79 Å². The normalized spacial score (nSPS) is 20.6. The van der Waals surface area contributed by atoms with Gasteiger partial charge >= 0.3 is 0 Å². The maximum absolute atomic E-state index is 12.5. The zero-order valence-electron chi connectivity index (χ0n) is 12.1. The molecule has 20 heavy (non-hydrogen) atoms. The van der Waals surface area contributed by atoms with Gasteiger partial charge in [0.05, 0.1) is 5.75 Å². The van der Waals surface area contributed by atoms with Gasteiger partial charge in [0.2, 0.25) is 0 Å². The number of hydrogen-bond donors (Lipinski definition) is 0. The summed E-state index contributed by atoms with van der Waals surface area (Å²) < 4.78 is 0. The number of thioether (sulfide) groups is 1. The Bertz CT molecular complexity index is 458. The van der Waals surface area contributed by atoms with Crippen LogP contribution in [0.2, 0.25) is 0 Å². The summed E-state index contributed by atoms with van der Waals surface area (Å²) in [5, 5.41) is 0.726. The van der Waals surface area contributed by atoms with Crippen molar-refractivity contribution in [3.63, 3.8) is 0 Å². The molecule has 0 radical (unpaired) electrons. The largest absolute Gasteiger partial charge is 0.293 e. The monoisotopic (exact) mass is 288 g/mol. The van der Waals surface area contributed by atoms with Crippen molar-refractivity contribution >= 4 is 17.5 Å². The Balaban J connectivity index is 1.61. The Morgan fingerprint density at radius 1 is 1.00 bits per heavy atom. The van der Waals surface area contributed by atoms with E-state index in [-0.39, 0.29) is 0 Å². The summed E-state index contributed by atoms with van der Waals surface area (Å²) in [7, 11) is 0. The number of benzene rings is 1. The van der Waals surface area contributed by atoms with Crippen molar-refractivity contribution in [3.8, 4) is 0 Å². The lowest BCUT2D eigenvalue weighted by atomic mass is 9.78. The Morgan fingerprint density at radius 3 is 2.45 bits per heavy atom. The zero-order chi connectivity index (χ0) is 13.8. The molecule has 1 aromatic carbocycles. The Kier molecular flexibility index (Phi) is 4.82. The molecule has 0 unspecified atom stereocenters. The van der Waals surface area contributed by atoms with E-state index >= 15 is 0 Å². The molecule has 0 aliphatic heterocycles. The lowest BCUT2D eigenvalue weighted by Crippen LogP contribution is -2.16. The fraction of sp³-hybridized carbons (Fsp3) is 0.611. The highest BCUT2D eigenvalue weighted by molar-refractivity contribution is 8.00. The molecule has 0 atom stereocenters. The van der Waals surface area contributed by atoms with Crippen LogP contribution < -0.4 is 0 Å². The molecule has 0 amide bonds. The van der Waals surface area contributed by atoms with E-state index in [2.05, 4.69) is 12.1 Å². The minimum absolute atomic E-state index is 0.350. The van der Waals surface area contributed by atoms with Crippen molar-refractivity contribution in [2.75, 3.05) is 5.75 Å². The van der Waals surface area contributed by atoms with Gasteiger partial charge in [0.1, 0.15) is 0 Å². The van der Waals surface area contributed by atoms with E-state index in [1.165, 1.54) is 56.9 Å². The van der Waals surface area contributed by atoms with E-state index in [0.29, 0.717) is 17.5 Å². The quantitative estimate of drug-likeness (QED) is 0.692. The van der Waals surface area contributed by atoms with Crippen molar-refractivity contribution in [3.05, 3.63) is 35.4 Å². The molecule has 2 fully saturated rings. The molecule has 2 heteroatoms. The first-order valence-electron chi connectivity index (χ1n) is 8.08. The summed E-state index contributed by atoms with van der Waals surface area (Å²) in [4.78, 5) is 12.5. The first kappa shape index (κ1) is 14.2. The van der Waals surface area contributed by atoms with Crippen molar-refractivity contribution in [1.82, 2.24) is 0 Å². The molecule has 0 N–H and O–H groups in total. The second kappa shape index (κ2) is 6.80. The maximum Gasteiger partial charge on any atom is 0.173 e. The lowest BCUT2D eigenvalue weighted by Gasteiger charge is -2.27. The molecule has 3 rings (SSSR count). The van der Waals surface area contributed by atoms with Crippen LogP contribution in [-0.4, -0.2) is 16.8 Å². The lowest BCUT2D eigenvalue weighted by molar-refractivity contribution is 0.102. The minimum atomic E-state index is 0.350. The SMILES string of the molecule is O=C(CSC1CCCCC1)c1ccccc1C1CCC1. The molecule has 0 saturated heterocycles. The van der Waals surface area contributed by atoms with Gasteiger partial charge in [-0.05, 0) is 37.2 Å². The van der Waals surface area contributed by atoms with Crippen molar-refractivity contribution in [2.24, 2.45) is 0 Å². The van der Waals surface area contributed by atoms with E-state index in [0.717, 1.165) is 10.8 Å². The van der Waals surface area contributed by atoms with Gasteiger partial charge in [-0.15, -0.1) is 0 Å². The molecule has 1 aromatic rings. The molecular formula is C18H24OS. The topological polar surface area (TPSA) is 17.1 Å². The Morgan fingerprint density at radius 2 is 1.75 bits per heavy atom. The molecule has 0 aromatic heterocycles. The molecule has 2 aliphatic carbocycles. The average molecular weight is 288 g/mol. The third-order valence-electron chi connectivity index (χ3n) is 4.81. The van der Waals surface area contributed by atoms with Crippen LogP contribution in [0.15, 0.2) is 24.3 Å². The number of hydrogen-bond acceptors (Lipinski definition) is 2. The predicted octanol–water partition coefficient (Wildman–Crippen LogP) is 5.20. The van der Waals surface area contributed by atoms with Crippen molar-refractivity contribution in [2.45, 2.75) is 62.5 Å². The number of carbonyl (C=O) groups excluding carboxylic acids is 1. The van der Waals surface area contributed by atoms with Gasteiger partial charge in [0, 0.05) is 10.8 Å². The molecule has 1 nitrogen and oxygen atoms in total. The molecule has 0 heterocycles. The van der Waals surface area contributed by atoms with Gasteiger partial charge in [0.25, 0.3) is 0 Å². The number of rotatable bonds is 5. The van der Waals surface area contributed by atoms with Crippen LogP contribution in [0.5, 0.6) is 0 Å². The fourth-order valence-electron chi connectivity index (χ4n) is 3.33. The molecule has 0 bridgehead atoms. The van der Waals surface area contributed by atoms with Crippen LogP contribution in [0, 0.1) is 0 Å². The number of ketones is 1. The van der Waals surface area contributed by atoms with Crippen molar-refractivity contribution in [1.29, 1.82) is 0 Å². The van der Waals surface area contributed by atoms with Crippen molar-refractivity contribution < 1.29 is 4.79 Å². The van der Waals surface area contributed by atoms with Crippen LogP contribution in [0.4, 0.5) is 0 Å². The van der Waals surface area contributed by atoms with Crippen LogP contribution >= 0.6 is 11.8 Å². The molecular weight excluding hydrogens is 264 g/mol. The summed E-state index contributed by atoms with van der Waals surface area (Å²) in [5.41, 5.74) is 2.31. The molecule has 2 aliphatic rings. The van der Waals surface area contributed by atoms with E-state index < -0.39 is 0 Å².